The lowest BCUT2D eigenvalue weighted by Gasteiger charge is -2.11. The maximum absolute atomic E-state index is 11.9. The largest absolute Gasteiger partial charge is 0.493 e. The lowest BCUT2D eigenvalue weighted by Crippen LogP contribution is -2.30. The smallest absolute Gasteiger partial charge is 0.257 e. The van der Waals surface area contributed by atoms with Crippen LogP contribution in [-0.2, 0) is 11.2 Å². The summed E-state index contributed by atoms with van der Waals surface area (Å²) >= 11 is 5.96. The molecule has 134 valence electrons. The number of benzene rings is 2. The number of carbonyl (C=O) groups is 1. The molecule has 0 spiro atoms. The molecule has 0 fully saturated rings. The standard InChI is InChI=1S/C19H22ClNO4/c1-13-10-15(5-6-16(13)20)25-12-19(22)21-9-8-14-4-7-17(23-2)18(11-14)24-3/h4-7,10-11H,8-9,12H2,1-3H3,(H,21,22). The summed E-state index contributed by atoms with van der Waals surface area (Å²) in [6.45, 7) is 2.36. The SMILES string of the molecule is COc1ccc(CCNC(=O)COc2ccc(Cl)c(C)c2)cc1OC. The minimum atomic E-state index is -0.173. The third kappa shape index (κ3) is 5.57. The number of hydrogen-bond donors (Lipinski definition) is 1. The van der Waals surface area contributed by atoms with Gasteiger partial charge in [-0.05, 0) is 54.8 Å². The zero-order valence-corrected chi connectivity index (χ0v) is 15.4. The van der Waals surface area contributed by atoms with Crippen LogP contribution < -0.4 is 19.5 Å². The van der Waals surface area contributed by atoms with Gasteiger partial charge in [0.25, 0.3) is 5.91 Å². The van der Waals surface area contributed by atoms with Crippen LogP contribution in [0.5, 0.6) is 17.2 Å². The molecule has 0 aliphatic heterocycles. The van der Waals surface area contributed by atoms with Crippen molar-refractivity contribution in [2.45, 2.75) is 13.3 Å². The van der Waals surface area contributed by atoms with Crippen LogP contribution >= 0.6 is 11.6 Å². The number of rotatable bonds is 8. The highest BCUT2D eigenvalue weighted by molar-refractivity contribution is 6.31. The Balaban J connectivity index is 1.77. The molecule has 0 heterocycles. The molecule has 6 heteroatoms. The van der Waals surface area contributed by atoms with Crippen LogP contribution in [0.25, 0.3) is 0 Å². The Morgan fingerprint density at radius 3 is 2.52 bits per heavy atom. The van der Waals surface area contributed by atoms with E-state index in [9.17, 15) is 4.79 Å². The Morgan fingerprint density at radius 2 is 1.84 bits per heavy atom. The monoisotopic (exact) mass is 363 g/mol. The molecule has 0 aliphatic carbocycles. The van der Waals surface area contributed by atoms with Crippen molar-refractivity contribution in [1.82, 2.24) is 5.32 Å². The number of methoxy groups -OCH3 is 2. The van der Waals surface area contributed by atoms with Crippen molar-refractivity contribution in [1.29, 1.82) is 0 Å². The minimum Gasteiger partial charge on any atom is -0.493 e. The van der Waals surface area contributed by atoms with Crippen LogP contribution in [0.4, 0.5) is 0 Å². The van der Waals surface area contributed by atoms with Gasteiger partial charge in [-0.3, -0.25) is 4.79 Å². The summed E-state index contributed by atoms with van der Waals surface area (Å²) in [5, 5.41) is 3.50. The number of ether oxygens (including phenoxy) is 3. The first-order valence-corrected chi connectivity index (χ1v) is 8.28. The molecule has 0 atom stereocenters. The quantitative estimate of drug-likeness (QED) is 0.781. The van der Waals surface area contributed by atoms with Crippen molar-refractivity contribution in [3.63, 3.8) is 0 Å². The average Bonchev–Trinajstić information content (AvgIpc) is 2.62. The molecule has 5 nitrogen and oxygen atoms in total. The van der Waals surface area contributed by atoms with Gasteiger partial charge in [0.2, 0.25) is 0 Å². The second-order valence-electron chi connectivity index (χ2n) is 5.49. The van der Waals surface area contributed by atoms with Gasteiger partial charge >= 0.3 is 0 Å². The van der Waals surface area contributed by atoms with Crippen molar-refractivity contribution in [2.75, 3.05) is 27.4 Å². The molecule has 2 rings (SSSR count). The zero-order chi connectivity index (χ0) is 18.2. The van der Waals surface area contributed by atoms with Crippen molar-refractivity contribution >= 4 is 17.5 Å². The lowest BCUT2D eigenvalue weighted by molar-refractivity contribution is -0.123. The van der Waals surface area contributed by atoms with Gasteiger partial charge in [0.1, 0.15) is 5.75 Å². The summed E-state index contributed by atoms with van der Waals surface area (Å²) in [7, 11) is 3.19. The van der Waals surface area contributed by atoms with E-state index >= 15 is 0 Å². The summed E-state index contributed by atoms with van der Waals surface area (Å²) in [5.74, 6) is 1.81. The highest BCUT2D eigenvalue weighted by atomic mass is 35.5. The summed E-state index contributed by atoms with van der Waals surface area (Å²) in [4.78, 5) is 11.9. The van der Waals surface area contributed by atoms with Crippen LogP contribution in [-0.4, -0.2) is 33.3 Å². The molecular weight excluding hydrogens is 342 g/mol. The van der Waals surface area contributed by atoms with Crippen LogP contribution in [0.2, 0.25) is 5.02 Å². The highest BCUT2D eigenvalue weighted by Gasteiger charge is 2.06. The zero-order valence-electron chi connectivity index (χ0n) is 14.6. The van der Waals surface area contributed by atoms with E-state index in [4.69, 9.17) is 25.8 Å². The summed E-state index contributed by atoms with van der Waals surface area (Å²) in [6.07, 6.45) is 0.687. The van der Waals surface area contributed by atoms with Crippen LogP contribution in [0, 0.1) is 6.92 Å². The molecule has 0 aliphatic rings. The highest BCUT2D eigenvalue weighted by Crippen LogP contribution is 2.27. The maximum Gasteiger partial charge on any atom is 0.257 e. The van der Waals surface area contributed by atoms with Crippen molar-refractivity contribution in [2.24, 2.45) is 0 Å². The van der Waals surface area contributed by atoms with Gasteiger partial charge < -0.3 is 19.5 Å². The molecule has 25 heavy (non-hydrogen) atoms. The van der Waals surface area contributed by atoms with Gasteiger partial charge in [-0.15, -0.1) is 0 Å². The molecule has 2 aromatic rings. The number of carbonyl (C=O) groups excluding carboxylic acids is 1. The molecule has 0 aromatic heterocycles. The van der Waals surface area contributed by atoms with Gasteiger partial charge in [0.05, 0.1) is 14.2 Å². The Hall–Kier alpha value is -2.40. The molecule has 0 radical (unpaired) electrons. The van der Waals surface area contributed by atoms with Crippen LogP contribution in [0.1, 0.15) is 11.1 Å². The number of amides is 1. The molecule has 1 amide bonds. The fourth-order valence-corrected chi connectivity index (χ4v) is 2.41. The topological polar surface area (TPSA) is 56.8 Å². The van der Waals surface area contributed by atoms with Gasteiger partial charge in [0, 0.05) is 11.6 Å². The molecule has 0 unspecified atom stereocenters. The van der Waals surface area contributed by atoms with Crippen molar-refractivity contribution in [3.05, 3.63) is 52.5 Å². The second-order valence-corrected chi connectivity index (χ2v) is 5.90. The van der Waals surface area contributed by atoms with Gasteiger partial charge in [0.15, 0.2) is 18.1 Å². The molecule has 2 aromatic carbocycles. The Kier molecular flexibility index (Phi) is 6.95. The molecule has 0 bridgehead atoms. The molecular formula is C19H22ClNO4. The number of nitrogens with one attached hydrogen (secondary N) is 1. The van der Waals surface area contributed by atoms with E-state index in [1.54, 1.807) is 32.4 Å². The Bertz CT molecular complexity index is 733. The van der Waals surface area contributed by atoms with Crippen molar-refractivity contribution in [3.8, 4) is 17.2 Å². The van der Waals surface area contributed by atoms with E-state index in [1.165, 1.54) is 0 Å². The lowest BCUT2D eigenvalue weighted by atomic mass is 10.1. The predicted molar refractivity (Wildman–Crippen MR) is 97.9 cm³/mol. The fraction of sp³-hybridized carbons (Fsp3) is 0.316. The number of aryl methyl sites for hydroxylation is 1. The first-order valence-electron chi connectivity index (χ1n) is 7.90. The van der Waals surface area contributed by atoms with Gasteiger partial charge in [-0.25, -0.2) is 0 Å². The number of halogens is 1. The second kappa shape index (κ2) is 9.18. The van der Waals surface area contributed by atoms with E-state index < -0.39 is 0 Å². The van der Waals surface area contributed by atoms with Gasteiger partial charge in [-0.1, -0.05) is 17.7 Å². The summed E-state index contributed by atoms with van der Waals surface area (Å²) < 4.78 is 15.9. The Morgan fingerprint density at radius 1 is 1.08 bits per heavy atom. The van der Waals surface area contributed by atoms with Gasteiger partial charge in [-0.2, -0.15) is 0 Å². The molecule has 0 saturated carbocycles. The molecule has 1 N–H and O–H groups in total. The minimum absolute atomic E-state index is 0.0347. The number of hydrogen-bond acceptors (Lipinski definition) is 4. The Labute approximate surface area is 152 Å². The van der Waals surface area contributed by atoms with E-state index in [2.05, 4.69) is 5.32 Å². The van der Waals surface area contributed by atoms with E-state index in [0.29, 0.717) is 35.2 Å². The van der Waals surface area contributed by atoms with Crippen LogP contribution in [0.15, 0.2) is 36.4 Å². The van der Waals surface area contributed by atoms with E-state index in [-0.39, 0.29) is 12.5 Å². The first kappa shape index (κ1) is 18.9. The summed E-state index contributed by atoms with van der Waals surface area (Å²) in [5.41, 5.74) is 1.96. The third-order valence-electron chi connectivity index (χ3n) is 3.68. The molecule has 0 saturated heterocycles. The first-order chi connectivity index (χ1) is 12.0. The van der Waals surface area contributed by atoms with Crippen LogP contribution in [0.3, 0.4) is 0 Å². The maximum atomic E-state index is 11.9. The fourth-order valence-electron chi connectivity index (χ4n) is 2.29. The normalized spacial score (nSPS) is 10.2. The third-order valence-corrected chi connectivity index (χ3v) is 4.11. The summed E-state index contributed by atoms with van der Waals surface area (Å²) in [6, 6.07) is 11.0. The predicted octanol–water partition coefficient (Wildman–Crippen LogP) is 3.40. The average molecular weight is 364 g/mol. The van der Waals surface area contributed by atoms with E-state index in [0.717, 1.165) is 11.1 Å². The van der Waals surface area contributed by atoms with E-state index in [1.807, 2.05) is 25.1 Å². The van der Waals surface area contributed by atoms with Crippen molar-refractivity contribution < 1.29 is 19.0 Å².